The third-order valence-electron chi connectivity index (χ3n) is 6.87. The smallest absolute Gasteiger partial charge is 0.395 e. The van der Waals surface area contributed by atoms with E-state index in [1.807, 2.05) is 0 Å². The second-order valence-corrected chi connectivity index (χ2v) is 9.38. The SMILES string of the molecule is [2H]c1c([2H])c(C2(C(=O)Cc3cc4cc(C(C)(CC)C([2H])([2H])[2H])n(C([2H])([2H])[C@]([2H])(O)C([2H])([2H])O)c4cc3F)CC2)c([2H])c2c1OC(F)(F)O2. The van der Waals surface area contributed by atoms with Gasteiger partial charge >= 0.3 is 6.29 Å². The monoisotopic (exact) mass is 528 g/mol. The molecule has 1 aliphatic heterocycles. The summed E-state index contributed by atoms with van der Waals surface area (Å²) in [5.74, 6) is -3.55. The minimum absolute atomic E-state index is 0.0301. The second-order valence-electron chi connectivity index (χ2n) is 9.38. The standard InChI is InChI=1S/C28H30F3NO5/c1-4-26(2,3)24-10-17-9-16(20(29)13-21(17)32(24)14-19(34)15-33)11-25(35)27(7-8-27)18-5-6-22-23(12-18)37-28(30,31)36-22/h5-6,9-10,12-13,19,33-34H,4,7-8,11,14-15H2,1-3H3/t19-/m0/s1/i2D3,5D,6D,12D,14D2,15D2,19D/t19-,26?. The zero-order chi connectivity index (χ0) is 36.4. The number of Topliss-reactive ketones (excluding diaryl/α,β-unsaturated/α-hetero) is 1. The van der Waals surface area contributed by atoms with E-state index in [1.165, 1.54) is 13.8 Å². The molecule has 0 bridgehead atoms. The van der Waals surface area contributed by atoms with E-state index < -0.39 is 102 Å². The first kappa shape index (κ1) is 15.4. The molecule has 2 N–H and O–H groups in total. The van der Waals surface area contributed by atoms with Gasteiger partial charge in [-0.2, -0.15) is 0 Å². The first-order chi connectivity index (χ1) is 21.7. The molecule has 1 fully saturated rings. The summed E-state index contributed by atoms with van der Waals surface area (Å²) < 4.78 is 142. The van der Waals surface area contributed by atoms with E-state index in [2.05, 4.69) is 9.47 Å². The molecule has 2 aromatic carbocycles. The van der Waals surface area contributed by atoms with Crippen LogP contribution in [0.3, 0.4) is 0 Å². The number of hydrogen-bond donors (Lipinski definition) is 2. The van der Waals surface area contributed by atoms with Crippen molar-refractivity contribution in [2.45, 2.75) is 76.1 Å². The van der Waals surface area contributed by atoms with E-state index in [0.29, 0.717) is 10.6 Å². The lowest BCUT2D eigenvalue weighted by Gasteiger charge is -2.26. The maximum atomic E-state index is 15.8. The predicted molar refractivity (Wildman–Crippen MR) is 131 cm³/mol. The molecule has 0 radical (unpaired) electrons. The molecule has 1 unspecified atom stereocenters. The number of rotatable bonds is 9. The number of aliphatic hydroxyl groups is 2. The van der Waals surface area contributed by atoms with Gasteiger partial charge in [0.1, 0.15) is 11.6 Å². The predicted octanol–water partition coefficient (Wildman–Crippen LogP) is 4.99. The molecule has 0 spiro atoms. The first-order valence-electron chi connectivity index (χ1n) is 16.9. The average molecular weight is 529 g/mol. The Kier molecular flexibility index (Phi) is 3.65. The highest BCUT2D eigenvalue weighted by Crippen LogP contribution is 2.52. The number of hydrogen-bond acceptors (Lipinski definition) is 5. The molecule has 1 saturated carbocycles. The summed E-state index contributed by atoms with van der Waals surface area (Å²) in [6.07, 6.45) is -8.99. The van der Waals surface area contributed by atoms with Crippen molar-refractivity contribution >= 4 is 16.7 Å². The number of alkyl halides is 2. The molecular formula is C28H30F3NO5. The Balaban J connectivity index is 1.65. The molecule has 5 rings (SSSR count). The Hall–Kier alpha value is -3.04. The zero-order valence-corrected chi connectivity index (χ0v) is 19.8. The number of halogens is 3. The average Bonchev–Trinajstić information content (AvgIpc) is 3.55. The Labute approximate surface area is 228 Å². The van der Waals surface area contributed by atoms with Crippen LogP contribution in [0.1, 0.15) is 71.9 Å². The summed E-state index contributed by atoms with van der Waals surface area (Å²) in [7, 11) is 0. The van der Waals surface area contributed by atoms with Gasteiger partial charge in [-0.15, -0.1) is 8.78 Å². The maximum Gasteiger partial charge on any atom is 0.586 e. The van der Waals surface area contributed by atoms with E-state index >= 15 is 4.39 Å². The van der Waals surface area contributed by atoms with Gasteiger partial charge < -0.3 is 24.3 Å². The molecule has 9 heteroatoms. The molecule has 198 valence electrons. The fraction of sp³-hybridized carbons (Fsp3) is 0.464. The van der Waals surface area contributed by atoms with Gasteiger partial charge in [-0.3, -0.25) is 4.79 Å². The number of nitrogens with zero attached hydrogens (tertiary/aromatic N) is 1. The number of aromatic nitrogens is 1. The van der Waals surface area contributed by atoms with Gasteiger partial charge in [-0.25, -0.2) is 4.39 Å². The summed E-state index contributed by atoms with van der Waals surface area (Å²) in [4.78, 5) is 13.8. The molecule has 2 atom stereocenters. The summed E-state index contributed by atoms with van der Waals surface area (Å²) >= 11 is 0. The largest absolute Gasteiger partial charge is 0.586 e. The Morgan fingerprint density at radius 3 is 2.70 bits per heavy atom. The highest BCUT2D eigenvalue weighted by atomic mass is 19.3. The third-order valence-corrected chi connectivity index (χ3v) is 6.87. The van der Waals surface area contributed by atoms with Crippen LogP contribution in [0, 0.1) is 5.82 Å². The topological polar surface area (TPSA) is 80.9 Å². The van der Waals surface area contributed by atoms with Gasteiger partial charge in [-0.1, -0.05) is 26.7 Å². The maximum absolute atomic E-state index is 15.8. The van der Waals surface area contributed by atoms with Crippen LogP contribution in [-0.4, -0.2) is 39.5 Å². The van der Waals surface area contributed by atoms with Gasteiger partial charge in [0.2, 0.25) is 0 Å². The molecule has 1 aromatic heterocycles. The zero-order valence-electron chi connectivity index (χ0n) is 30.8. The Bertz CT molecular complexity index is 1850. The summed E-state index contributed by atoms with van der Waals surface area (Å²) in [6, 6.07) is 0.608. The fourth-order valence-corrected chi connectivity index (χ4v) is 4.41. The highest BCUT2D eigenvalue weighted by Gasteiger charge is 2.52. The molecule has 6 nitrogen and oxygen atoms in total. The lowest BCUT2D eigenvalue weighted by atomic mass is 9.86. The first-order valence-corrected chi connectivity index (χ1v) is 11.4. The molecule has 37 heavy (non-hydrogen) atoms. The molecule has 0 saturated heterocycles. The van der Waals surface area contributed by atoms with Crippen molar-refractivity contribution in [1.29, 1.82) is 0 Å². The summed E-state index contributed by atoms with van der Waals surface area (Å²) in [6.45, 7) is -7.68. The second kappa shape index (κ2) is 8.77. The van der Waals surface area contributed by atoms with E-state index in [9.17, 15) is 23.8 Å². The number of ketones is 1. The van der Waals surface area contributed by atoms with Crippen molar-refractivity contribution in [2.75, 3.05) is 6.56 Å². The minimum Gasteiger partial charge on any atom is -0.395 e. The van der Waals surface area contributed by atoms with Crippen molar-refractivity contribution in [2.24, 2.45) is 0 Å². The van der Waals surface area contributed by atoms with Crippen LogP contribution < -0.4 is 9.47 Å². The van der Waals surface area contributed by atoms with E-state index in [4.69, 9.17) is 15.1 Å². The summed E-state index contributed by atoms with van der Waals surface area (Å²) in [5, 5.41) is 20.5. The van der Waals surface area contributed by atoms with Gasteiger partial charge in [0.15, 0.2) is 11.5 Å². The number of fused-ring (bicyclic) bond motifs is 2. The number of carbonyl (C=O) groups excluding carboxylic acids is 1. The van der Waals surface area contributed by atoms with Crippen molar-refractivity contribution in [3.8, 4) is 11.5 Å². The minimum atomic E-state index is -4.20. The van der Waals surface area contributed by atoms with Crippen molar-refractivity contribution in [1.82, 2.24) is 4.57 Å². The number of ether oxygens (including phenoxy) is 2. The Morgan fingerprint density at radius 1 is 1.32 bits per heavy atom. The lowest BCUT2D eigenvalue weighted by molar-refractivity contribution is -0.286. The van der Waals surface area contributed by atoms with Crippen LogP contribution in [-0.2, 0) is 28.5 Å². The third kappa shape index (κ3) is 4.48. The quantitative estimate of drug-likeness (QED) is 0.409. The van der Waals surface area contributed by atoms with Crippen LogP contribution in [0.4, 0.5) is 13.2 Å². The van der Waals surface area contributed by atoms with Crippen LogP contribution in [0.2, 0.25) is 0 Å². The van der Waals surface area contributed by atoms with E-state index in [1.54, 1.807) is 0 Å². The van der Waals surface area contributed by atoms with Gasteiger partial charge in [0.05, 0.1) is 41.0 Å². The molecule has 2 aliphatic rings. The van der Waals surface area contributed by atoms with E-state index in [0.717, 1.165) is 12.1 Å². The van der Waals surface area contributed by atoms with Gasteiger partial charge in [0.25, 0.3) is 0 Å². The molecule has 3 aromatic rings. The van der Waals surface area contributed by atoms with Gasteiger partial charge in [-0.05, 0) is 60.7 Å². The molecule has 2 heterocycles. The van der Waals surface area contributed by atoms with Crippen LogP contribution in [0.5, 0.6) is 11.5 Å². The van der Waals surface area contributed by atoms with Gasteiger partial charge in [0, 0.05) is 27.0 Å². The molecule has 0 amide bonds. The van der Waals surface area contributed by atoms with Crippen LogP contribution >= 0.6 is 0 Å². The summed E-state index contributed by atoms with van der Waals surface area (Å²) in [5.41, 5.74) is -5.09. The van der Waals surface area contributed by atoms with Crippen LogP contribution in [0.25, 0.3) is 10.9 Å². The molecule has 1 aliphatic carbocycles. The fourth-order valence-electron chi connectivity index (χ4n) is 4.41. The number of benzene rings is 2. The van der Waals surface area contributed by atoms with Crippen molar-refractivity contribution < 1.29 is 52.7 Å². The van der Waals surface area contributed by atoms with Crippen LogP contribution in [0.15, 0.2) is 36.3 Å². The van der Waals surface area contributed by atoms with Crippen molar-refractivity contribution in [3.05, 3.63) is 59.0 Å². The lowest BCUT2D eigenvalue weighted by Crippen LogP contribution is -2.26. The molecular weight excluding hydrogens is 487 g/mol. The highest BCUT2D eigenvalue weighted by molar-refractivity contribution is 5.95. The van der Waals surface area contributed by atoms with Crippen molar-refractivity contribution in [3.63, 3.8) is 0 Å². The normalized spacial score (nSPS) is 25.9. The Morgan fingerprint density at radius 2 is 2.05 bits per heavy atom. The van der Waals surface area contributed by atoms with E-state index in [-0.39, 0.29) is 35.8 Å². The number of carbonyl (C=O) groups is 1.